The highest BCUT2D eigenvalue weighted by Gasteiger charge is 2.54. The number of amides is 1. The van der Waals surface area contributed by atoms with Gasteiger partial charge in [-0.15, -0.1) is 0 Å². The average molecular weight is 228 g/mol. The molecule has 0 bridgehead atoms. The second kappa shape index (κ2) is 4.36. The van der Waals surface area contributed by atoms with Gasteiger partial charge in [0.05, 0.1) is 6.10 Å². The summed E-state index contributed by atoms with van der Waals surface area (Å²) in [6.07, 6.45) is -5.71. The third-order valence-electron chi connectivity index (χ3n) is 1.92. The van der Waals surface area contributed by atoms with E-state index in [9.17, 15) is 18.0 Å². The van der Waals surface area contributed by atoms with E-state index in [1.54, 1.807) is 0 Å². The van der Waals surface area contributed by atoms with E-state index in [1.807, 2.05) is 0 Å². The fraction of sp³-hybridized carbons (Fsp3) is 0.875. The number of rotatable bonds is 3. The fourth-order valence-electron chi connectivity index (χ4n) is 0.997. The Balaban J connectivity index is 4.70. The van der Waals surface area contributed by atoms with Crippen LogP contribution in [0.3, 0.4) is 0 Å². The molecule has 0 saturated carbocycles. The highest BCUT2D eigenvalue weighted by molar-refractivity contribution is 5.86. The summed E-state index contributed by atoms with van der Waals surface area (Å²) >= 11 is 0. The minimum absolute atomic E-state index is 0.193. The van der Waals surface area contributed by atoms with Crippen LogP contribution in [-0.4, -0.2) is 47.3 Å². The zero-order valence-corrected chi connectivity index (χ0v) is 8.80. The van der Waals surface area contributed by atoms with Crippen molar-refractivity contribution in [2.75, 3.05) is 13.6 Å². The van der Waals surface area contributed by atoms with Crippen LogP contribution in [0.5, 0.6) is 0 Å². The maximum atomic E-state index is 12.3. The number of hydrogen-bond donors (Lipinski definition) is 2. The second-order valence-corrected chi connectivity index (χ2v) is 3.73. The molecule has 0 rings (SSSR count). The number of nitrogens with two attached hydrogens (primary N) is 1. The molecule has 2 atom stereocenters. The Bertz CT molecular complexity index is 239. The molecule has 15 heavy (non-hydrogen) atoms. The third-order valence-corrected chi connectivity index (χ3v) is 1.92. The predicted molar refractivity (Wildman–Crippen MR) is 48.0 cm³/mol. The molecule has 0 saturated heterocycles. The molecule has 0 aliphatic rings. The Hall–Kier alpha value is -0.820. The Labute approximate surface area is 85.8 Å². The van der Waals surface area contributed by atoms with Crippen LogP contribution in [0.4, 0.5) is 13.2 Å². The van der Waals surface area contributed by atoms with Gasteiger partial charge in [-0.1, -0.05) is 0 Å². The molecule has 0 aromatic heterocycles. The third kappa shape index (κ3) is 3.35. The molecule has 0 aromatic rings. The Morgan fingerprint density at radius 3 is 2.20 bits per heavy atom. The van der Waals surface area contributed by atoms with Gasteiger partial charge in [0.15, 0.2) is 5.54 Å². The van der Waals surface area contributed by atoms with Gasteiger partial charge in [0.25, 0.3) is 5.91 Å². The van der Waals surface area contributed by atoms with Crippen LogP contribution in [0.15, 0.2) is 0 Å². The van der Waals surface area contributed by atoms with Crippen LogP contribution in [0, 0.1) is 0 Å². The Morgan fingerprint density at radius 2 is 1.93 bits per heavy atom. The number of nitrogens with zero attached hydrogens (tertiary/aromatic N) is 1. The van der Waals surface area contributed by atoms with E-state index >= 15 is 0 Å². The summed E-state index contributed by atoms with van der Waals surface area (Å²) in [6.45, 7) is 1.78. The van der Waals surface area contributed by atoms with Crippen molar-refractivity contribution >= 4 is 5.91 Å². The number of aliphatic hydroxyl groups is 1. The molecule has 7 heteroatoms. The van der Waals surface area contributed by atoms with Gasteiger partial charge in [0, 0.05) is 13.6 Å². The van der Waals surface area contributed by atoms with Crippen molar-refractivity contribution in [3.63, 3.8) is 0 Å². The number of carbonyl (C=O) groups is 1. The van der Waals surface area contributed by atoms with Gasteiger partial charge < -0.3 is 15.7 Å². The lowest BCUT2D eigenvalue weighted by Crippen LogP contribution is -2.62. The first-order chi connectivity index (χ1) is 6.50. The standard InChI is InChI=1S/C8H15F3N2O2/c1-5(14)4-13(3)6(15)7(2,12)8(9,10)11/h5,14H,4,12H2,1-3H3. The maximum absolute atomic E-state index is 12.3. The van der Waals surface area contributed by atoms with Crippen molar-refractivity contribution in [3.8, 4) is 0 Å². The monoisotopic (exact) mass is 228 g/mol. The number of carbonyl (C=O) groups excluding carboxylic acids is 1. The minimum atomic E-state index is -4.81. The molecule has 0 fully saturated rings. The first-order valence-electron chi connectivity index (χ1n) is 4.29. The lowest BCUT2D eigenvalue weighted by Gasteiger charge is -2.31. The normalized spacial score (nSPS) is 18.1. The van der Waals surface area contributed by atoms with Crippen LogP contribution in [-0.2, 0) is 4.79 Å². The van der Waals surface area contributed by atoms with Crippen molar-refractivity contribution in [2.45, 2.75) is 31.7 Å². The summed E-state index contributed by atoms with van der Waals surface area (Å²) in [5.74, 6) is -1.27. The summed E-state index contributed by atoms with van der Waals surface area (Å²) in [7, 11) is 1.16. The Morgan fingerprint density at radius 1 is 1.53 bits per heavy atom. The highest BCUT2D eigenvalue weighted by Crippen LogP contribution is 2.29. The van der Waals surface area contributed by atoms with Crippen LogP contribution in [0.1, 0.15) is 13.8 Å². The molecule has 0 heterocycles. The van der Waals surface area contributed by atoms with Gasteiger partial charge in [-0.3, -0.25) is 4.79 Å². The highest BCUT2D eigenvalue weighted by atomic mass is 19.4. The van der Waals surface area contributed by atoms with E-state index in [2.05, 4.69) is 0 Å². The SMILES string of the molecule is CC(O)CN(C)C(=O)C(C)(N)C(F)(F)F. The maximum Gasteiger partial charge on any atom is 0.415 e. The zero-order valence-electron chi connectivity index (χ0n) is 8.80. The molecule has 90 valence electrons. The number of aliphatic hydroxyl groups excluding tert-OH is 1. The van der Waals surface area contributed by atoms with Crippen LogP contribution < -0.4 is 5.73 Å². The second-order valence-electron chi connectivity index (χ2n) is 3.73. The van der Waals surface area contributed by atoms with E-state index in [0.717, 1.165) is 11.9 Å². The van der Waals surface area contributed by atoms with Crippen molar-refractivity contribution in [3.05, 3.63) is 0 Å². The summed E-state index contributed by atoms with van der Waals surface area (Å²) in [4.78, 5) is 12.1. The van der Waals surface area contributed by atoms with Gasteiger partial charge >= 0.3 is 6.18 Å². The molecule has 2 unspecified atom stereocenters. The van der Waals surface area contributed by atoms with Crippen molar-refractivity contribution < 1.29 is 23.1 Å². The van der Waals surface area contributed by atoms with E-state index in [0.29, 0.717) is 6.92 Å². The molecule has 4 nitrogen and oxygen atoms in total. The average Bonchev–Trinajstić information content (AvgIpc) is 1.99. The molecule has 0 aromatic carbocycles. The van der Waals surface area contributed by atoms with Gasteiger partial charge in [-0.05, 0) is 13.8 Å². The first-order valence-corrected chi connectivity index (χ1v) is 4.29. The van der Waals surface area contributed by atoms with E-state index < -0.39 is 23.7 Å². The van der Waals surface area contributed by atoms with Gasteiger partial charge in [-0.25, -0.2) is 0 Å². The van der Waals surface area contributed by atoms with Gasteiger partial charge in [-0.2, -0.15) is 13.2 Å². The quantitative estimate of drug-likeness (QED) is 0.720. The molecule has 3 N–H and O–H groups in total. The van der Waals surface area contributed by atoms with Crippen LogP contribution in [0.25, 0.3) is 0 Å². The summed E-state index contributed by atoms with van der Waals surface area (Å²) in [5.41, 5.74) is 2.00. The molecule has 0 aliphatic heterocycles. The lowest BCUT2D eigenvalue weighted by molar-refractivity contribution is -0.193. The number of alkyl halides is 3. The summed E-state index contributed by atoms with van der Waals surface area (Å²) in [5, 5.41) is 8.92. The van der Waals surface area contributed by atoms with Crippen molar-refractivity contribution in [1.82, 2.24) is 4.90 Å². The molecule has 0 radical (unpaired) electrons. The van der Waals surface area contributed by atoms with E-state index in [1.165, 1.54) is 6.92 Å². The van der Waals surface area contributed by atoms with Gasteiger partial charge in [0.1, 0.15) is 0 Å². The van der Waals surface area contributed by atoms with Crippen LogP contribution in [0.2, 0.25) is 0 Å². The summed E-state index contributed by atoms with van der Waals surface area (Å²) < 4.78 is 37.0. The van der Waals surface area contributed by atoms with Gasteiger partial charge in [0.2, 0.25) is 0 Å². The molecule has 0 aliphatic carbocycles. The van der Waals surface area contributed by atoms with Crippen molar-refractivity contribution in [2.24, 2.45) is 5.73 Å². The zero-order chi connectivity index (χ0) is 12.4. The number of hydrogen-bond acceptors (Lipinski definition) is 3. The largest absolute Gasteiger partial charge is 0.415 e. The number of halogens is 3. The first kappa shape index (κ1) is 14.2. The minimum Gasteiger partial charge on any atom is -0.392 e. The topological polar surface area (TPSA) is 66.6 Å². The predicted octanol–water partition coefficient (Wildman–Crippen LogP) is 0.105. The van der Waals surface area contributed by atoms with Crippen molar-refractivity contribution in [1.29, 1.82) is 0 Å². The van der Waals surface area contributed by atoms with E-state index in [4.69, 9.17) is 10.8 Å². The number of likely N-dealkylation sites (N-methyl/N-ethyl adjacent to an activating group) is 1. The molecule has 0 spiro atoms. The molecule has 1 amide bonds. The molecular formula is C8H15F3N2O2. The summed E-state index contributed by atoms with van der Waals surface area (Å²) in [6, 6.07) is 0. The lowest BCUT2D eigenvalue weighted by atomic mass is 10.0. The smallest absolute Gasteiger partial charge is 0.392 e. The Kier molecular flexibility index (Phi) is 4.12. The fourth-order valence-corrected chi connectivity index (χ4v) is 0.997. The van der Waals surface area contributed by atoms with Crippen LogP contribution >= 0.6 is 0 Å². The van der Waals surface area contributed by atoms with E-state index in [-0.39, 0.29) is 6.54 Å². The molecular weight excluding hydrogens is 213 g/mol.